The highest BCUT2D eigenvalue weighted by atomic mass is 32.1. The Labute approximate surface area is 169 Å². The van der Waals surface area contributed by atoms with Gasteiger partial charge in [-0.25, -0.2) is 4.79 Å². The van der Waals surface area contributed by atoms with Gasteiger partial charge >= 0.3 is 5.97 Å². The zero-order valence-corrected chi connectivity index (χ0v) is 16.3. The fourth-order valence-electron chi connectivity index (χ4n) is 2.91. The van der Waals surface area contributed by atoms with Gasteiger partial charge in [0.25, 0.3) is 0 Å². The molecule has 2 aromatic carbocycles. The third-order valence-electron chi connectivity index (χ3n) is 4.31. The van der Waals surface area contributed by atoms with Crippen LogP contribution in [0.4, 0.5) is 0 Å². The highest BCUT2D eigenvalue weighted by molar-refractivity contribution is 7.08. The lowest BCUT2D eigenvalue weighted by molar-refractivity contribution is 0.0693. The van der Waals surface area contributed by atoms with Crippen LogP contribution in [-0.4, -0.2) is 16.2 Å². The van der Waals surface area contributed by atoms with Gasteiger partial charge < -0.3 is 14.9 Å². The summed E-state index contributed by atoms with van der Waals surface area (Å²) in [5.74, 6) is -1.07. The van der Waals surface area contributed by atoms with Crippen molar-refractivity contribution >= 4 is 28.6 Å². The molecule has 2 heterocycles. The maximum absolute atomic E-state index is 11.2. The molecular formula is C22H16O4S2. The number of thiophene rings is 2. The summed E-state index contributed by atoms with van der Waals surface area (Å²) in [6.07, 6.45) is 0. The van der Waals surface area contributed by atoms with Crippen molar-refractivity contribution in [2.75, 3.05) is 0 Å². The van der Waals surface area contributed by atoms with Crippen LogP contribution >= 0.6 is 22.7 Å². The molecule has 0 amide bonds. The summed E-state index contributed by atoms with van der Waals surface area (Å²) in [6.45, 7) is 0.291. The van der Waals surface area contributed by atoms with E-state index >= 15 is 0 Å². The second kappa shape index (κ2) is 7.88. The van der Waals surface area contributed by atoms with Crippen LogP contribution in [0.15, 0.2) is 70.1 Å². The van der Waals surface area contributed by atoms with Crippen molar-refractivity contribution in [1.29, 1.82) is 0 Å². The van der Waals surface area contributed by atoms with Crippen LogP contribution in [-0.2, 0) is 6.61 Å². The number of phenols is 1. The largest absolute Gasteiger partial charge is 0.507 e. The number of hydrogen-bond donors (Lipinski definition) is 2. The number of benzene rings is 2. The molecule has 2 aromatic heterocycles. The van der Waals surface area contributed by atoms with Gasteiger partial charge in [0.15, 0.2) is 0 Å². The van der Waals surface area contributed by atoms with Crippen molar-refractivity contribution in [1.82, 2.24) is 0 Å². The summed E-state index contributed by atoms with van der Waals surface area (Å²) in [6, 6.07) is 14.7. The molecule has 6 heteroatoms. The Kier molecular flexibility index (Phi) is 5.14. The van der Waals surface area contributed by atoms with E-state index in [1.165, 1.54) is 12.1 Å². The van der Waals surface area contributed by atoms with Crippen LogP contribution in [0.2, 0.25) is 0 Å². The van der Waals surface area contributed by atoms with Gasteiger partial charge in [-0.05, 0) is 97.9 Å². The predicted octanol–water partition coefficient (Wildman–Crippen LogP) is 6.13. The molecule has 4 aromatic rings. The fraction of sp³-hybridized carbons (Fsp3) is 0.0455. The van der Waals surface area contributed by atoms with E-state index < -0.39 is 5.97 Å². The first kappa shape index (κ1) is 18.3. The number of aromatic carboxylic acids is 1. The summed E-state index contributed by atoms with van der Waals surface area (Å²) in [5.41, 5.74) is 5.33. The molecule has 140 valence electrons. The van der Waals surface area contributed by atoms with Crippen molar-refractivity contribution in [2.45, 2.75) is 6.61 Å². The molecule has 0 radical (unpaired) electrons. The van der Waals surface area contributed by atoms with Crippen molar-refractivity contribution in [3.63, 3.8) is 0 Å². The van der Waals surface area contributed by atoms with Crippen molar-refractivity contribution in [2.24, 2.45) is 0 Å². The topological polar surface area (TPSA) is 66.8 Å². The summed E-state index contributed by atoms with van der Waals surface area (Å²) < 4.78 is 5.81. The van der Waals surface area contributed by atoms with Gasteiger partial charge in [-0.3, -0.25) is 0 Å². The van der Waals surface area contributed by atoms with Crippen LogP contribution < -0.4 is 4.74 Å². The van der Waals surface area contributed by atoms with Crippen molar-refractivity contribution < 1.29 is 19.7 Å². The SMILES string of the molecule is O=C(O)c1cc(OCc2cc(-c3ccsc3)cc(-c3ccsc3)c2)ccc1O. The number of aromatic hydroxyl groups is 1. The standard InChI is InChI=1S/C22H16O4S2/c23-21-2-1-19(10-20(21)22(24)25)26-11-14-7-17(15-3-5-27-12-15)9-18(8-14)16-4-6-28-13-16/h1-10,12-13,23H,11H2,(H,24,25). The Morgan fingerprint density at radius 1 is 0.857 bits per heavy atom. The Balaban J connectivity index is 1.64. The normalized spacial score (nSPS) is 10.7. The summed E-state index contributed by atoms with van der Waals surface area (Å²) >= 11 is 3.30. The van der Waals surface area contributed by atoms with E-state index in [1.54, 1.807) is 28.7 Å². The lowest BCUT2D eigenvalue weighted by Crippen LogP contribution is -2.00. The predicted molar refractivity (Wildman–Crippen MR) is 112 cm³/mol. The number of ether oxygens (including phenoxy) is 1. The molecule has 0 spiro atoms. The third-order valence-corrected chi connectivity index (χ3v) is 5.67. The Hall–Kier alpha value is -3.09. The maximum Gasteiger partial charge on any atom is 0.339 e. The van der Waals surface area contributed by atoms with Gasteiger partial charge in [0.05, 0.1) is 0 Å². The van der Waals surface area contributed by atoms with E-state index in [4.69, 9.17) is 9.84 Å². The molecule has 0 aliphatic heterocycles. The molecule has 0 aliphatic rings. The van der Waals surface area contributed by atoms with Gasteiger partial charge in [0.2, 0.25) is 0 Å². The van der Waals surface area contributed by atoms with Crippen molar-refractivity contribution in [3.05, 3.63) is 81.2 Å². The maximum atomic E-state index is 11.2. The lowest BCUT2D eigenvalue weighted by atomic mass is 9.99. The second-order valence-corrected chi connectivity index (χ2v) is 7.78. The Morgan fingerprint density at radius 3 is 2.04 bits per heavy atom. The minimum Gasteiger partial charge on any atom is -0.507 e. The lowest BCUT2D eigenvalue weighted by Gasteiger charge is -2.11. The number of carboxylic acids is 1. The van der Waals surface area contributed by atoms with Crippen LogP contribution in [0.25, 0.3) is 22.3 Å². The van der Waals surface area contributed by atoms with E-state index in [0.717, 1.165) is 27.8 Å². The smallest absolute Gasteiger partial charge is 0.339 e. The molecule has 0 aliphatic carbocycles. The van der Waals surface area contributed by atoms with E-state index in [-0.39, 0.29) is 11.3 Å². The summed E-state index contributed by atoms with van der Waals surface area (Å²) in [4.78, 5) is 11.2. The first-order chi connectivity index (χ1) is 13.6. The summed E-state index contributed by atoms with van der Waals surface area (Å²) in [5, 5.41) is 27.1. The van der Waals surface area contributed by atoms with Crippen LogP contribution in [0, 0.1) is 0 Å². The van der Waals surface area contributed by atoms with Crippen LogP contribution in [0.3, 0.4) is 0 Å². The average Bonchev–Trinajstić information content (AvgIpc) is 3.41. The zero-order valence-electron chi connectivity index (χ0n) is 14.7. The minimum absolute atomic E-state index is 0.177. The van der Waals surface area contributed by atoms with E-state index in [2.05, 4.69) is 41.1 Å². The van der Waals surface area contributed by atoms with Gasteiger partial charge in [0.1, 0.15) is 23.7 Å². The van der Waals surface area contributed by atoms with E-state index in [1.807, 2.05) is 10.8 Å². The molecule has 0 bridgehead atoms. The van der Waals surface area contributed by atoms with E-state index in [9.17, 15) is 9.90 Å². The first-order valence-corrected chi connectivity index (χ1v) is 10.4. The second-order valence-electron chi connectivity index (χ2n) is 6.22. The first-order valence-electron chi connectivity index (χ1n) is 8.48. The fourth-order valence-corrected chi connectivity index (χ4v) is 4.24. The van der Waals surface area contributed by atoms with Crippen molar-refractivity contribution in [3.8, 4) is 33.8 Å². The van der Waals surface area contributed by atoms with Gasteiger partial charge in [-0.15, -0.1) is 0 Å². The van der Waals surface area contributed by atoms with E-state index in [0.29, 0.717) is 12.4 Å². The number of carboxylic acid groups (broad SMARTS) is 1. The molecule has 4 nitrogen and oxygen atoms in total. The quantitative estimate of drug-likeness (QED) is 0.403. The van der Waals surface area contributed by atoms with Crippen LogP contribution in [0.1, 0.15) is 15.9 Å². The van der Waals surface area contributed by atoms with Gasteiger partial charge in [0, 0.05) is 0 Å². The number of rotatable bonds is 6. The average molecular weight is 409 g/mol. The molecule has 0 unspecified atom stereocenters. The molecule has 4 rings (SSSR count). The summed E-state index contributed by atoms with van der Waals surface area (Å²) in [7, 11) is 0. The molecular weight excluding hydrogens is 392 g/mol. The Morgan fingerprint density at radius 2 is 1.50 bits per heavy atom. The zero-order chi connectivity index (χ0) is 19.5. The van der Waals surface area contributed by atoms with Crippen LogP contribution in [0.5, 0.6) is 11.5 Å². The Bertz CT molecular complexity index is 1050. The highest BCUT2D eigenvalue weighted by Crippen LogP contribution is 2.31. The highest BCUT2D eigenvalue weighted by Gasteiger charge is 2.12. The minimum atomic E-state index is -1.19. The molecule has 0 fully saturated rings. The molecule has 0 saturated heterocycles. The number of hydrogen-bond acceptors (Lipinski definition) is 5. The molecule has 28 heavy (non-hydrogen) atoms. The van der Waals surface area contributed by atoms with Gasteiger partial charge in [-0.2, -0.15) is 22.7 Å². The monoisotopic (exact) mass is 408 g/mol. The van der Waals surface area contributed by atoms with Gasteiger partial charge in [-0.1, -0.05) is 0 Å². The molecule has 0 saturated carbocycles. The molecule has 2 N–H and O–H groups in total. The third kappa shape index (κ3) is 3.93. The number of carbonyl (C=O) groups is 1. The molecule has 0 atom stereocenters.